The van der Waals surface area contributed by atoms with Crippen LogP contribution in [0, 0.1) is 16.0 Å². The van der Waals surface area contributed by atoms with E-state index >= 15 is 0 Å². The molecule has 8 heteroatoms. The third-order valence-electron chi connectivity index (χ3n) is 3.85. The second-order valence-corrected chi connectivity index (χ2v) is 5.88. The van der Waals surface area contributed by atoms with Crippen LogP contribution in [0.2, 0.25) is 5.15 Å². The summed E-state index contributed by atoms with van der Waals surface area (Å²) in [5.74, 6) is 0.297. The number of hydrogen-bond donors (Lipinski definition) is 1. The van der Waals surface area contributed by atoms with Crippen LogP contribution in [0.3, 0.4) is 0 Å². The number of pyridine rings is 1. The van der Waals surface area contributed by atoms with E-state index in [1.807, 2.05) is 19.9 Å². The van der Waals surface area contributed by atoms with E-state index in [-0.39, 0.29) is 22.8 Å². The van der Waals surface area contributed by atoms with Crippen molar-refractivity contribution < 1.29 is 9.66 Å². The van der Waals surface area contributed by atoms with Gasteiger partial charge >= 0.3 is 0 Å². The molecule has 1 N–H and O–H groups in total. The van der Waals surface area contributed by atoms with Gasteiger partial charge in [0.05, 0.1) is 10.8 Å². The van der Waals surface area contributed by atoms with Gasteiger partial charge in [0, 0.05) is 32.8 Å². The van der Waals surface area contributed by atoms with Crippen molar-refractivity contribution in [2.24, 2.45) is 5.92 Å². The normalized spacial score (nSPS) is 21.5. The van der Waals surface area contributed by atoms with Crippen LogP contribution in [0.5, 0.6) is 0 Å². The van der Waals surface area contributed by atoms with Crippen LogP contribution in [-0.2, 0) is 11.3 Å². The van der Waals surface area contributed by atoms with Crippen LogP contribution in [0.25, 0.3) is 0 Å². The number of nitro groups is 1. The predicted octanol–water partition coefficient (Wildman–Crippen LogP) is 2.60. The monoisotopic (exact) mass is 340 g/mol. The Hall–Kier alpha value is -1.86. The smallest absolute Gasteiger partial charge is 0.288 e. The summed E-state index contributed by atoms with van der Waals surface area (Å²) in [4.78, 5) is 16.9. The molecule has 0 saturated heterocycles. The van der Waals surface area contributed by atoms with E-state index in [0.717, 1.165) is 5.56 Å². The van der Waals surface area contributed by atoms with Crippen molar-refractivity contribution in [3.63, 3.8) is 0 Å². The quantitative estimate of drug-likeness (QED) is 0.487. The van der Waals surface area contributed by atoms with Crippen LogP contribution in [0.15, 0.2) is 29.8 Å². The van der Waals surface area contributed by atoms with Crippen molar-refractivity contribution in [1.29, 1.82) is 0 Å². The minimum Gasteiger partial charge on any atom is -0.362 e. The third kappa shape index (κ3) is 4.11. The molecule has 1 aliphatic rings. The first-order chi connectivity index (χ1) is 10.9. The van der Waals surface area contributed by atoms with Gasteiger partial charge in [0.1, 0.15) is 11.4 Å². The molecule has 126 valence electrons. The van der Waals surface area contributed by atoms with E-state index in [2.05, 4.69) is 10.3 Å². The summed E-state index contributed by atoms with van der Waals surface area (Å²) in [6.07, 6.45) is 2.06. The fourth-order valence-corrected chi connectivity index (χ4v) is 2.79. The highest BCUT2D eigenvalue weighted by molar-refractivity contribution is 6.29. The molecule has 1 aromatic heterocycles. The molecule has 2 atom stereocenters. The summed E-state index contributed by atoms with van der Waals surface area (Å²) in [6.45, 7) is 4.75. The lowest BCUT2D eigenvalue weighted by atomic mass is 9.98. The molecule has 1 aromatic rings. The van der Waals surface area contributed by atoms with Crippen molar-refractivity contribution in [3.8, 4) is 0 Å². The Bertz CT molecular complexity index is 591. The Kier molecular flexibility index (Phi) is 5.79. The maximum Gasteiger partial charge on any atom is 0.288 e. The van der Waals surface area contributed by atoms with Gasteiger partial charge in [-0.3, -0.25) is 10.1 Å². The third-order valence-corrected chi connectivity index (χ3v) is 4.08. The van der Waals surface area contributed by atoms with Gasteiger partial charge in [-0.2, -0.15) is 0 Å². The molecule has 2 heterocycles. The SMILES string of the molecule is CCOC1CC(C)C([N+](=O)[O-])=C(NCc2ccc(Cl)nc2)N1C. The highest BCUT2D eigenvalue weighted by atomic mass is 35.5. The molecule has 0 aromatic carbocycles. The van der Waals surface area contributed by atoms with E-state index in [4.69, 9.17) is 16.3 Å². The first-order valence-electron chi connectivity index (χ1n) is 7.51. The van der Waals surface area contributed by atoms with Crippen LogP contribution >= 0.6 is 11.6 Å². The molecule has 2 unspecified atom stereocenters. The van der Waals surface area contributed by atoms with E-state index in [1.165, 1.54) is 0 Å². The highest BCUT2D eigenvalue weighted by Crippen LogP contribution is 2.30. The van der Waals surface area contributed by atoms with E-state index in [0.29, 0.717) is 30.5 Å². The summed E-state index contributed by atoms with van der Waals surface area (Å²) in [6, 6.07) is 3.53. The zero-order chi connectivity index (χ0) is 17.0. The second-order valence-electron chi connectivity index (χ2n) is 5.49. The zero-order valence-corrected chi connectivity index (χ0v) is 14.2. The van der Waals surface area contributed by atoms with Crippen molar-refractivity contribution in [2.75, 3.05) is 13.7 Å². The largest absolute Gasteiger partial charge is 0.362 e. The molecule has 0 amide bonds. The number of nitrogens with one attached hydrogen (secondary N) is 1. The fraction of sp³-hybridized carbons (Fsp3) is 0.533. The number of hydrogen-bond acceptors (Lipinski definition) is 6. The van der Waals surface area contributed by atoms with Crippen LogP contribution in [-0.4, -0.2) is 34.7 Å². The van der Waals surface area contributed by atoms with Gasteiger partial charge in [-0.15, -0.1) is 0 Å². The standard InChI is InChI=1S/C15H21ClN4O3/c1-4-23-13-7-10(2)14(20(21)22)15(19(13)3)18-9-11-5-6-12(16)17-8-11/h5-6,8,10,13,18H,4,7,9H2,1-3H3. The molecule has 1 aliphatic heterocycles. The number of halogens is 1. The Morgan fingerprint density at radius 3 is 2.87 bits per heavy atom. The van der Waals surface area contributed by atoms with Crippen LogP contribution < -0.4 is 5.32 Å². The van der Waals surface area contributed by atoms with Crippen molar-refractivity contribution in [3.05, 3.63) is 50.7 Å². The lowest BCUT2D eigenvalue weighted by molar-refractivity contribution is -0.439. The van der Waals surface area contributed by atoms with Crippen molar-refractivity contribution in [1.82, 2.24) is 15.2 Å². The topological polar surface area (TPSA) is 80.5 Å². The van der Waals surface area contributed by atoms with Gasteiger partial charge in [-0.1, -0.05) is 24.6 Å². The minimum atomic E-state index is -0.314. The molecule has 0 aliphatic carbocycles. The van der Waals surface area contributed by atoms with Gasteiger partial charge in [-0.05, 0) is 18.6 Å². The fourth-order valence-electron chi connectivity index (χ4n) is 2.68. The summed E-state index contributed by atoms with van der Waals surface area (Å²) in [7, 11) is 1.80. The van der Waals surface area contributed by atoms with Crippen LogP contribution in [0.4, 0.5) is 0 Å². The Labute approximate surface area is 140 Å². The number of rotatable bonds is 6. The number of nitrogens with zero attached hydrogens (tertiary/aromatic N) is 3. The highest BCUT2D eigenvalue weighted by Gasteiger charge is 2.38. The first-order valence-corrected chi connectivity index (χ1v) is 7.89. The maximum atomic E-state index is 11.5. The van der Waals surface area contributed by atoms with E-state index < -0.39 is 0 Å². The van der Waals surface area contributed by atoms with Crippen molar-refractivity contribution in [2.45, 2.75) is 33.0 Å². The number of allylic oxidation sites excluding steroid dienone is 1. The molecular weight excluding hydrogens is 320 g/mol. The molecule has 0 saturated carbocycles. The molecule has 23 heavy (non-hydrogen) atoms. The predicted molar refractivity (Wildman–Crippen MR) is 87.1 cm³/mol. The summed E-state index contributed by atoms with van der Waals surface area (Å²) in [5.41, 5.74) is 1.08. The van der Waals surface area contributed by atoms with Crippen LogP contribution in [0.1, 0.15) is 25.8 Å². The van der Waals surface area contributed by atoms with E-state index in [9.17, 15) is 10.1 Å². The molecule has 0 radical (unpaired) electrons. The summed E-state index contributed by atoms with van der Waals surface area (Å²) >= 11 is 5.77. The Balaban J connectivity index is 2.22. The molecule has 2 rings (SSSR count). The lowest BCUT2D eigenvalue weighted by Gasteiger charge is -2.37. The Morgan fingerprint density at radius 1 is 1.57 bits per heavy atom. The van der Waals surface area contributed by atoms with Gasteiger partial charge < -0.3 is 15.0 Å². The van der Waals surface area contributed by atoms with Gasteiger partial charge in [-0.25, -0.2) is 4.98 Å². The van der Waals surface area contributed by atoms with Gasteiger partial charge in [0.2, 0.25) is 0 Å². The zero-order valence-electron chi connectivity index (χ0n) is 13.5. The average molecular weight is 341 g/mol. The average Bonchev–Trinajstić information content (AvgIpc) is 2.50. The lowest BCUT2D eigenvalue weighted by Crippen LogP contribution is -2.45. The van der Waals surface area contributed by atoms with E-state index in [1.54, 1.807) is 24.2 Å². The first kappa shape index (κ1) is 17.5. The van der Waals surface area contributed by atoms with Gasteiger partial charge in [0.15, 0.2) is 5.82 Å². The Morgan fingerprint density at radius 2 is 2.30 bits per heavy atom. The number of ether oxygens (including phenoxy) is 1. The van der Waals surface area contributed by atoms with Crippen molar-refractivity contribution >= 4 is 11.6 Å². The summed E-state index contributed by atoms with van der Waals surface area (Å²) < 4.78 is 5.69. The molecule has 0 bridgehead atoms. The number of aromatic nitrogens is 1. The molecule has 0 fully saturated rings. The maximum absolute atomic E-state index is 11.5. The minimum absolute atomic E-state index is 0.176. The molecule has 0 spiro atoms. The molecule has 7 nitrogen and oxygen atoms in total. The van der Waals surface area contributed by atoms with Gasteiger partial charge in [0.25, 0.3) is 5.70 Å². The second kappa shape index (κ2) is 7.61. The summed E-state index contributed by atoms with van der Waals surface area (Å²) in [5, 5.41) is 15.0. The molecular formula is C15H21ClN4O3.